The third-order valence-corrected chi connectivity index (χ3v) is 25.1. The van der Waals surface area contributed by atoms with Gasteiger partial charge in [0.05, 0.1) is 0 Å². The highest BCUT2D eigenvalue weighted by Gasteiger charge is 2.62. The van der Waals surface area contributed by atoms with E-state index in [0.717, 1.165) is 104 Å². The lowest BCUT2D eigenvalue weighted by Gasteiger charge is -2.59. The van der Waals surface area contributed by atoms with Crippen molar-refractivity contribution in [3.05, 3.63) is 183 Å². The van der Waals surface area contributed by atoms with Crippen LogP contribution >= 0.6 is 0 Å². The van der Waals surface area contributed by atoms with Crippen LogP contribution in [0.3, 0.4) is 0 Å². The minimum atomic E-state index is -0.926. The standard InChI is InChI=1S/C26H32O4.C24H28O4.C19H22O5.C18H20O4/c1-16-20(27)11-9-18(23(16)29)26-15-7-4-8-22(26)25(13-5-3-6-14-25)19-10-12-21(28)17(2)24(19)30-26;25-16-7-9-18(20(27)14-16)24-13-5-2-6-22(24)23(11-3-1-4-12-23)19-10-8-17(26)15-21(19)28-24;1-10-13(20)7-6-12-17(10)24-19(4,9-18(12,2)3)11-5-8-14(21)16(23)15(11)22;1-17(2)10-18(3,13-6-4-11(19)8-15(13)21)22-16-9-12(20)5-7-14(16)17/h9-12,22,27-29H,3-8,13-15H2,1-2H3;7-10,14-15,22,25-27H,1-6,11-13H2;5-8,20-23H,9H2,1-4H3;4-9,19-21H,10H2,1-3H3. The molecular formula is C87H102O17. The zero-order chi connectivity index (χ0) is 74.4. The Kier molecular flexibility index (Phi) is 18.7. The fourth-order valence-corrected chi connectivity index (χ4v) is 20.4. The second-order valence-corrected chi connectivity index (χ2v) is 32.7. The topological polar surface area (TPSA) is 300 Å². The molecule has 0 amide bonds. The molecule has 4 aliphatic carbocycles. The Labute approximate surface area is 609 Å². The van der Waals surface area contributed by atoms with Crippen molar-refractivity contribution in [1.82, 2.24) is 0 Å². The van der Waals surface area contributed by atoms with Gasteiger partial charge in [-0.3, -0.25) is 0 Å². The fraction of sp³-hybridized carbons (Fsp3) is 0.448. The first-order valence-electron chi connectivity index (χ1n) is 37.1. The van der Waals surface area contributed by atoms with Gasteiger partial charge in [-0.1, -0.05) is 103 Å². The number of ether oxygens (including phenoxy) is 4. The predicted octanol–water partition coefficient (Wildman–Crippen LogP) is 19.2. The lowest BCUT2D eigenvalue weighted by molar-refractivity contribution is -0.0966. The van der Waals surface area contributed by atoms with E-state index in [1.807, 2.05) is 51.1 Å². The lowest BCUT2D eigenvalue weighted by atomic mass is 9.51. The Hall–Kier alpha value is -9.64. The molecular weight excluding hydrogens is 1320 g/mol. The highest BCUT2D eigenvalue weighted by atomic mass is 16.5. The molecule has 0 aromatic heterocycles. The van der Waals surface area contributed by atoms with Crippen molar-refractivity contribution < 1.29 is 85.3 Å². The average molecular weight is 1420 g/mol. The Morgan fingerprint density at radius 2 is 0.673 bits per heavy atom. The molecule has 17 heteroatoms. The van der Waals surface area contributed by atoms with E-state index in [0.29, 0.717) is 46.6 Å². The summed E-state index contributed by atoms with van der Waals surface area (Å²) < 4.78 is 26.0. The summed E-state index contributed by atoms with van der Waals surface area (Å²) in [6.07, 6.45) is 21.3. The van der Waals surface area contributed by atoms with Gasteiger partial charge in [0.15, 0.2) is 11.5 Å². The SMILES string of the molecule is CC1(C)CC(C)(c2ccc(O)cc2O)Oc2cc(O)ccc21.Cc1c(O)ccc(C23CCCCC2C2(CCCCC2)c2ccc(O)c(C)c2O3)c1O.Cc1c(O)ccc2c1OC(C)(c1ccc(O)c(O)c1O)CC2(C)C.Oc1ccc(C23CCCCC2C2(CCCCC2)c2ccc(O)cc2O3)c(O)c1. The molecule has 2 spiro atoms. The number of aromatic hydroxyl groups is 13. The first kappa shape index (κ1) is 72.7. The molecule has 16 rings (SSSR count). The van der Waals surface area contributed by atoms with Crippen molar-refractivity contribution in [3.8, 4) is 97.7 Å². The normalized spacial score (nSPS) is 25.3. The van der Waals surface area contributed by atoms with Gasteiger partial charge in [-0.25, -0.2) is 0 Å². The molecule has 104 heavy (non-hydrogen) atoms. The summed E-state index contributed by atoms with van der Waals surface area (Å²) in [5.41, 5.74) is 5.62. The monoisotopic (exact) mass is 1420 g/mol. The molecule has 13 N–H and O–H groups in total. The summed E-state index contributed by atoms with van der Waals surface area (Å²) in [5, 5.41) is 132. The summed E-state index contributed by atoms with van der Waals surface area (Å²) >= 11 is 0. The van der Waals surface area contributed by atoms with E-state index in [2.05, 4.69) is 39.8 Å². The van der Waals surface area contributed by atoms with Gasteiger partial charge >= 0.3 is 0 Å². The maximum atomic E-state index is 11.1. The molecule has 8 aromatic carbocycles. The molecule has 0 saturated heterocycles. The zero-order valence-corrected chi connectivity index (χ0v) is 61.3. The zero-order valence-electron chi connectivity index (χ0n) is 61.3. The summed E-state index contributed by atoms with van der Waals surface area (Å²) in [6, 6.07) is 34.0. The first-order chi connectivity index (χ1) is 49.2. The van der Waals surface area contributed by atoms with Crippen molar-refractivity contribution in [1.29, 1.82) is 0 Å². The number of benzene rings is 8. The molecule has 6 unspecified atom stereocenters. The maximum absolute atomic E-state index is 11.1. The lowest BCUT2D eigenvalue weighted by Crippen LogP contribution is -2.57. The molecule has 0 bridgehead atoms. The molecule has 4 saturated carbocycles. The van der Waals surface area contributed by atoms with Gasteiger partial charge in [-0.15, -0.1) is 0 Å². The molecule has 552 valence electrons. The van der Waals surface area contributed by atoms with Crippen LogP contribution in [0.1, 0.15) is 231 Å². The molecule has 6 atom stereocenters. The quantitative estimate of drug-likeness (QED) is 0.0729. The van der Waals surface area contributed by atoms with Gasteiger partial charge in [0.1, 0.15) is 103 Å². The number of hydrogen-bond acceptors (Lipinski definition) is 17. The van der Waals surface area contributed by atoms with Gasteiger partial charge in [-0.05, 0) is 182 Å². The van der Waals surface area contributed by atoms with E-state index in [-0.39, 0.29) is 96.7 Å². The first-order valence-corrected chi connectivity index (χ1v) is 37.1. The van der Waals surface area contributed by atoms with E-state index in [4.69, 9.17) is 18.9 Å². The molecule has 4 aliphatic heterocycles. The van der Waals surface area contributed by atoms with E-state index in [1.165, 1.54) is 86.8 Å². The summed E-state index contributed by atoms with van der Waals surface area (Å²) in [6.45, 7) is 17.6. The Bertz CT molecular complexity index is 4600. The van der Waals surface area contributed by atoms with Crippen LogP contribution in [0.4, 0.5) is 0 Å². The third-order valence-electron chi connectivity index (χ3n) is 25.1. The van der Waals surface area contributed by atoms with Crippen LogP contribution in [-0.4, -0.2) is 66.4 Å². The Morgan fingerprint density at radius 3 is 1.21 bits per heavy atom. The molecule has 4 fully saturated rings. The minimum absolute atomic E-state index is 0.00176. The van der Waals surface area contributed by atoms with Crippen LogP contribution < -0.4 is 18.9 Å². The van der Waals surface area contributed by atoms with Gasteiger partial charge in [0, 0.05) is 121 Å². The van der Waals surface area contributed by atoms with E-state index in [9.17, 15) is 66.4 Å². The van der Waals surface area contributed by atoms with Crippen LogP contribution in [0.25, 0.3) is 0 Å². The number of phenols is 13. The second kappa shape index (κ2) is 26.8. The van der Waals surface area contributed by atoms with Gasteiger partial charge in [0.2, 0.25) is 5.75 Å². The third kappa shape index (κ3) is 12.3. The average Bonchev–Trinajstić information content (AvgIpc) is 0.750. The number of rotatable bonds is 4. The van der Waals surface area contributed by atoms with Crippen molar-refractivity contribution in [2.45, 2.75) is 235 Å². The van der Waals surface area contributed by atoms with Crippen molar-refractivity contribution >= 4 is 0 Å². The van der Waals surface area contributed by atoms with Crippen molar-refractivity contribution in [3.63, 3.8) is 0 Å². The van der Waals surface area contributed by atoms with Crippen LogP contribution in [0, 0.1) is 32.6 Å². The summed E-state index contributed by atoms with van der Waals surface area (Å²) in [7, 11) is 0. The largest absolute Gasteiger partial charge is 0.508 e. The molecule has 17 nitrogen and oxygen atoms in total. The predicted molar refractivity (Wildman–Crippen MR) is 397 cm³/mol. The van der Waals surface area contributed by atoms with Crippen LogP contribution in [0.5, 0.6) is 97.7 Å². The Balaban J connectivity index is 0.000000124. The second-order valence-electron chi connectivity index (χ2n) is 32.7. The summed E-state index contributed by atoms with van der Waals surface area (Å²) in [4.78, 5) is 0. The van der Waals surface area contributed by atoms with Crippen molar-refractivity contribution in [2.24, 2.45) is 11.8 Å². The highest BCUT2D eigenvalue weighted by Crippen LogP contribution is 2.67. The highest BCUT2D eigenvalue weighted by molar-refractivity contribution is 5.61. The Morgan fingerprint density at radius 1 is 0.288 bits per heavy atom. The van der Waals surface area contributed by atoms with E-state index >= 15 is 0 Å². The van der Waals surface area contributed by atoms with Crippen LogP contribution in [0.15, 0.2) is 121 Å². The number of phenolic OH excluding ortho intramolecular Hbond substituents is 13. The van der Waals surface area contributed by atoms with Crippen LogP contribution in [0.2, 0.25) is 0 Å². The number of fused-ring (bicyclic) bond motifs is 10. The fourth-order valence-electron chi connectivity index (χ4n) is 20.4. The molecule has 4 heterocycles. The van der Waals surface area contributed by atoms with Crippen LogP contribution in [-0.2, 0) is 44.1 Å². The van der Waals surface area contributed by atoms with Gasteiger partial charge < -0.3 is 85.3 Å². The van der Waals surface area contributed by atoms with Gasteiger partial charge in [0.25, 0.3) is 0 Å². The van der Waals surface area contributed by atoms with Crippen molar-refractivity contribution in [2.75, 3.05) is 0 Å². The molecule has 0 radical (unpaired) electrons. The minimum Gasteiger partial charge on any atom is -0.508 e. The molecule has 8 aromatic rings. The summed E-state index contributed by atoms with van der Waals surface area (Å²) in [5.74, 6) is 3.16. The van der Waals surface area contributed by atoms with E-state index < -0.39 is 33.9 Å². The van der Waals surface area contributed by atoms with E-state index in [1.54, 1.807) is 68.4 Å². The van der Waals surface area contributed by atoms with Gasteiger partial charge in [-0.2, -0.15) is 0 Å². The smallest absolute Gasteiger partial charge is 0.200 e. The molecule has 8 aliphatic rings. The maximum Gasteiger partial charge on any atom is 0.200 e. The number of hydrogen-bond donors (Lipinski definition) is 13.